The molecular weight excluding hydrogens is 773 g/mol. The number of benzene rings is 1. The zero-order chi connectivity index (χ0) is 42.7. The summed E-state index contributed by atoms with van der Waals surface area (Å²) in [5, 5.41) is 29.6. The van der Waals surface area contributed by atoms with Gasteiger partial charge in [-0.2, -0.15) is 15.4 Å². The van der Waals surface area contributed by atoms with E-state index in [0.717, 1.165) is 32.1 Å². The Labute approximate surface area is 350 Å². The molecule has 0 aliphatic carbocycles. The zero-order valence-electron chi connectivity index (χ0n) is 35.7. The number of aryl methyl sites for hydroxylation is 1. The molecule has 1 aliphatic heterocycles. The number of fused-ring (bicyclic) bond motifs is 1. The maximum absolute atomic E-state index is 14.4. The topological polar surface area (TPSA) is 184 Å². The van der Waals surface area contributed by atoms with Crippen LogP contribution in [-0.4, -0.2) is 69.2 Å². The van der Waals surface area contributed by atoms with Gasteiger partial charge in [0.1, 0.15) is 36.4 Å². The van der Waals surface area contributed by atoms with Gasteiger partial charge in [0.05, 0.1) is 30.1 Å². The number of unbranched alkanes of at least 4 members (excludes halogenated alkanes) is 12. The monoisotopic (exact) mass is 839 g/mol. The number of carbonyl (C=O) groups excluding carboxylic acids is 2. The molecule has 326 valence electrons. The Morgan fingerprint density at radius 1 is 0.966 bits per heavy atom. The molecule has 15 heteroatoms. The number of aliphatic hydroxyl groups is 1. The Morgan fingerprint density at radius 3 is 2.20 bits per heavy atom. The van der Waals surface area contributed by atoms with Crippen LogP contribution in [0, 0.1) is 24.2 Å². The van der Waals surface area contributed by atoms with Crippen LogP contribution in [0.25, 0.3) is 5.52 Å². The van der Waals surface area contributed by atoms with Crippen LogP contribution in [0.4, 0.5) is 0 Å². The van der Waals surface area contributed by atoms with Crippen molar-refractivity contribution in [2.24, 2.45) is 5.92 Å². The number of para-hydroxylation sites is 1. The maximum atomic E-state index is 14.4. The lowest BCUT2D eigenvalue weighted by Gasteiger charge is -2.27. The number of esters is 2. The number of ether oxygens (including phenoxy) is 3. The van der Waals surface area contributed by atoms with E-state index in [0.29, 0.717) is 17.6 Å². The van der Waals surface area contributed by atoms with Crippen LogP contribution in [-0.2, 0) is 38.5 Å². The molecule has 4 rings (SSSR count). The Hall–Kier alpha value is -3.86. The van der Waals surface area contributed by atoms with Gasteiger partial charge >= 0.3 is 19.7 Å². The summed E-state index contributed by atoms with van der Waals surface area (Å²) in [7, 11) is -4.39. The highest BCUT2D eigenvalue weighted by Gasteiger charge is 2.60. The molecule has 3 aromatic rings. The van der Waals surface area contributed by atoms with Gasteiger partial charge in [-0.05, 0) is 50.5 Å². The fourth-order valence-corrected chi connectivity index (χ4v) is 8.80. The zero-order valence-corrected chi connectivity index (χ0v) is 36.6. The third kappa shape index (κ3) is 13.8. The van der Waals surface area contributed by atoms with Gasteiger partial charge in [-0.3, -0.25) is 14.1 Å². The summed E-state index contributed by atoms with van der Waals surface area (Å²) >= 11 is 0. The smallest absolute Gasteiger partial charge is 0.459 e. The molecule has 1 saturated heterocycles. The lowest BCUT2D eigenvalue weighted by Crippen LogP contribution is -2.44. The first-order valence-electron chi connectivity index (χ1n) is 21.7. The van der Waals surface area contributed by atoms with Gasteiger partial charge in [0.15, 0.2) is 6.10 Å². The summed E-state index contributed by atoms with van der Waals surface area (Å²) in [6.45, 7) is 9.15. The van der Waals surface area contributed by atoms with Gasteiger partial charge in [-0.1, -0.05) is 129 Å². The molecule has 6 atom stereocenters. The fourth-order valence-electron chi connectivity index (χ4n) is 7.30. The molecule has 2 N–H and O–H groups in total. The average Bonchev–Trinajstić information content (AvgIpc) is 3.79. The van der Waals surface area contributed by atoms with Crippen molar-refractivity contribution >= 4 is 25.2 Å². The van der Waals surface area contributed by atoms with Gasteiger partial charge < -0.3 is 23.8 Å². The molecule has 1 aliphatic rings. The molecule has 1 aromatic carbocycles. The predicted octanol–water partition coefficient (Wildman–Crippen LogP) is 9.07. The predicted molar refractivity (Wildman–Crippen MR) is 224 cm³/mol. The first-order valence-corrected chi connectivity index (χ1v) is 23.2. The minimum atomic E-state index is -4.39. The van der Waals surface area contributed by atoms with Crippen LogP contribution >= 0.6 is 7.75 Å². The number of nitrogens with zero attached hydrogens (tertiary/aromatic N) is 4. The van der Waals surface area contributed by atoms with E-state index in [1.54, 1.807) is 49.4 Å². The van der Waals surface area contributed by atoms with Gasteiger partial charge in [-0.25, -0.2) is 14.1 Å². The Bertz CT molecular complexity index is 1820. The molecule has 59 heavy (non-hydrogen) atoms. The molecular formula is C44H66N5O9P. The minimum absolute atomic E-state index is 0.0924. The molecule has 0 saturated carbocycles. The van der Waals surface area contributed by atoms with Crippen molar-refractivity contribution in [3.8, 4) is 11.8 Å². The van der Waals surface area contributed by atoms with E-state index < -0.39 is 56.2 Å². The highest BCUT2D eigenvalue weighted by Crippen LogP contribution is 2.48. The highest BCUT2D eigenvalue weighted by atomic mass is 31.2. The van der Waals surface area contributed by atoms with Gasteiger partial charge in [0.2, 0.25) is 5.60 Å². The van der Waals surface area contributed by atoms with Crippen LogP contribution in [0.1, 0.15) is 142 Å². The van der Waals surface area contributed by atoms with Crippen molar-refractivity contribution < 1.29 is 42.5 Å². The molecule has 3 heterocycles. The third-order valence-electron chi connectivity index (χ3n) is 11.1. The van der Waals surface area contributed by atoms with Crippen LogP contribution < -0.4 is 9.61 Å². The number of hydrogen-bond donors (Lipinski definition) is 2. The SMILES string of the molecule is CCCCCCCCCCCCCCCC(=O)O[C@@H]1[C@H](O)[C@@H](COP(=O)(N[C@H](C)C(=O)OCC(CC)CC)Oc2ccccc2)O[C@@]1(C#N)c1ccc2c(C)ncnn12. The molecule has 0 spiro atoms. The molecule has 1 fully saturated rings. The summed E-state index contributed by atoms with van der Waals surface area (Å²) in [6, 6.07) is 12.7. The number of nitriles is 1. The van der Waals surface area contributed by atoms with E-state index in [1.165, 1.54) is 75.6 Å². The summed E-state index contributed by atoms with van der Waals surface area (Å²) in [4.78, 5) is 30.6. The molecule has 14 nitrogen and oxygen atoms in total. The normalized spacial score (nSPS) is 20.6. The number of aromatic nitrogens is 3. The lowest BCUT2D eigenvalue weighted by molar-refractivity contribution is -0.160. The standard InChI is InChI=1S/C44H66N5O9P/c1-6-9-10-11-12-13-14-15-16-17-18-19-23-26-40(50)56-42-41(51)38(57-44(42,31-45)39-28-27-37-33(4)46-32-47-49(37)39)30-55-59(53,58-36-24-21-20-22-25-36)48-34(5)43(52)54-29-35(7-2)8-3/h20-22,24-25,27-28,32,34-35,38,41-42,51H,6-19,23,26,29-30H2,1-5H3,(H,48,53)/t34-,38-,41-,42-,44+,59?/m1/s1. The van der Waals surface area contributed by atoms with Gasteiger partial charge in [0, 0.05) is 6.42 Å². The minimum Gasteiger partial charge on any atom is -0.464 e. The fraction of sp³-hybridized carbons (Fsp3) is 0.659. The van der Waals surface area contributed by atoms with E-state index in [-0.39, 0.29) is 30.4 Å². The number of hydrogen-bond acceptors (Lipinski definition) is 12. The molecule has 1 unspecified atom stereocenters. The first-order chi connectivity index (χ1) is 28.5. The van der Waals surface area contributed by atoms with Crippen molar-refractivity contribution in [1.29, 1.82) is 5.26 Å². The van der Waals surface area contributed by atoms with E-state index in [2.05, 4.69) is 28.2 Å². The number of aliphatic hydroxyl groups excluding tert-OH is 1. The van der Waals surface area contributed by atoms with Crippen molar-refractivity contribution in [2.45, 2.75) is 167 Å². The maximum Gasteiger partial charge on any atom is 0.459 e. The number of carbonyl (C=O) groups is 2. The van der Waals surface area contributed by atoms with Crippen molar-refractivity contribution in [3.63, 3.8) is 0 Å². The van der Waals surface area contributed by atoms with E-state index in [4.69, 9.17) is 23.3 Å². The Balaban J connectivity index is 1.45. The highest BCUT2D eigenvalue weighted by molar-refractivity contribution is 7.52. The van der Waals surface area contributed by atoms with Crippen molar-refractivity contribution in [2.75, 3.05) is 13.2 Å². The summed E-state index contributed by atoms with van der Waals surface area (Å²) in [6.07, 6.45) is 13.7. The van der Waals surface area contributed by atoms with Crippen molar-refractivity contribution in [1.82, 2.24) is 19.7 Å². The van der Waals surface area contributed by atoms with Crippen LogP contribution in [0.15, 0.2) is 48.8 Å². The second kappa shape index (κ2) is 24.4. The number of nitrogens with one attached hydrogen (secondary N) is 1. The van der Waals surface area contributed by atoms with Crippen LogP contribution in [0.2, 0.25) is 0 Å². The van der Waals surface area contributed by atoms with Gasteiger partial charge in [-0.15, -0.1) is 0 Å². The van der Waals surface area contributed by atoms with Crippen molar-refractivity contribution in [3.05, 3.63) is 60.2 Å². The number of rotatable bonds is 28. The molecule has 0 bridgehead atoms. The van der Waals surface area contributed by atoms with E-state index in [1.807, 2.05) is 13.8 Å². The summed E-state index contributed by atoms with van der Waals surface area (Å²) < 4.78 is 45.3. The Morgan fingerprint density at radius 2 is 1.59 bits per heavy atom. The molecule has 0 radical (unpaired) electrons. The van der Waals surface area contributed by atoms with E-state index in [9.17, 15) is 24.5 Å². The van der Waals surface area contributed by atoms with E-state index >= 15 is 0 Å². The quantitative estimate of drug-likeness (QED) is 0.0401. The average molecular weight is 840 g/mol. The molecule has 2 aromatic heterocycles. The first kappa shape index (κ1) is 47.8. The molecule has 0 amide bonds. The largest absolute Gasteiger partial charge is 0.464 e. The summed E-state index contributed by atoms with van der Waals surface area (Å²) in [5.41, 5.74) is -0.624. The third-order valence-corrected chi connectivity index (χ3v) is 12.7. The second-order valence-electron chi connectivity index (χ2n) is 15.6. The lowest BCUT2D eigenvalue weighted by atomic mass is 9.92. The summed E-state index contributed by atoms with van der Waals surface area (Å²) in [5.74, 6) is -0.865. The van der Waals surface area contributed by atoms with Gasteiger partial charge in [0.25, 0.3) is 0 Å². The van der Waals surface area contributed by atoms with Crippen LogP contribution in [0.5, 0.6) is 5.75 Å². The van der Waals surface area contributed by atoms with Crippen LogP contribution in [0.3, 0.4) is 0 Å². The Kier molecular flexibility index (Phi) is 19.8. The second-order valence-corrected chi connectivity index (χ2v) is 17.3.